The Balaban J connectivity index is 1.41. The normalized spacial score (nSPS) is 18.2. The first-order valence-corrected chi connectivity index (χ1v) is 8.14. The van der Waals surface area contributed by atoms with E-state index in [1.54, 1.807) is 0 Å². The molecule has 5 heteroatoms. The monoisotopic (exact) mass is 313 g/mol. The highest BCUT2D eigenvalue weighted by molar-refractivity contribution is 5.78. The number of rotatable bonds is 6. The van der Waals surface area contributed by atoms with Crippen LogP contribution in [0, 0.1) is 5.92 Å². The molecule has 1 aromatic heterocycles. The second kappa shape index (κ2) is 7.42. The van der Waals surface area contributed by atoms with Gasteiger partial charge in [0.2, 0.25) is 5.91 Å². The van der Waals surface area contributed by atoms with Gasteiger partial charge in [-0.05, 0) is 12.0 Å². The Morgan fingerprint density at radius 3 is 3.09 bits per heavy atom. The molecule has 0 spiro atoms. The van der Waals surface area contributed by atoms with Gasteiger partial charge >= 0.3 is 0 Å². The maximum Gasteiger partial charge on any atom is 0.225 e. The minimum Gasteiger partial charge on any atom is -0.376 e. The van der Waals surface area contributed by atoms with Crippen molar-refractivity contribution in [3.63, 3.8) is 0 Å². The Morgan fingerprint density at radius 2 is 2.26 bits per heavy atom. The van der Waals surface area contributed by atoms with E-state index in [0.29, 0.717) is 13.2 Å². The molecule has 0 saturated heterocycles. The average molecular weight is 313 g/mol. The lowest BCUT2D eigenvalue weighted by atomic mass is 10.1. The van der Waals surface area contributed by atoms with Crippen molar-refractivity contribution in [1.29, 1.82) is 0 Å². The van der Waals surface area contributed by atoms with E-state index in [2.05, 4.69) is 14.9 Å². The second-order valence-electron chi connectivity index (χ2n) is 6.14. The predicted molar refractivity (Wildman–Crippen MR) is 87.7 cm³/mol. The molecule has 5 nitrogen and oxygen atoms in total. The van der Waals surface area contributed by atoms with Crippen LogP contribution in [0.3, 0.4) is 0 Å². The van der Waals surface area contributed by atoms with Crippen LogP contribution in [0.4, 0.5) is 0 Å². The third-order valence-electron chi connectivity index (χ3n) is 4.21. The molecule has 1 amide bonds. The van der Waals surface area contributed by atoms with Crippen LogP contribution in [0.5, 0.6) is 0 Å². The van der Waals surface area contributed by atoms with E-state index in [1.165, 1.54) is 0 Å². The van der Waals surface area contributed by atoms with E-state index in [1.807, 2.05) is 49.6 Å². The summed E-state index contributed by atoms with van der Waals surface area (Å²) >= 11 is 0. The van der Waals surface area contributed by atoms with Crippen LogP contribution in [0.1, 0.15) is 24.7 Å². The number of carbonyl (C=O) groups excluding carboxylic acids is 1. The highest BCUT2D eigenvalue weighted by Gasteiger charge is 2.22. The molecule has 1 aliphatic heterocycles. The summed E-state index contributed by atoms with van der Waals surface area (Å²) in [6, 6.07) is 10.2. The number of hydrogen-bond acceptors (Lipinski definition) is 3. The van der Waals surface area contributed by atoms with Crippen molar-refractivity contribution in [2.45, 2.75) is 39.0 Å². The minimum absolute atomic E-state index is 0.0617. The number of hydrogen-bond donors (Lipinski definition) is 1. The molecule has 0 unspecified atom stereocenters. The molecule has 2 aromatic rings. The van der Waals surface area contributed by atoms with E-state index >= 15 is 0 Å². The van der Waals surface area contributed by atoms with Gasteiger partial charge in [-0.15, -0.1) is 0 Å². The molecule has 0 fully saturated rings. The van der Waals surface area contributed by atoms with Gasteiger partial charge in [0.15, 0.2) is 0 Å². The summed E-state index contributed by atoms with van der Waals surface area (Å²) in [5, 5.41) is 3.13. The fourth-order valence-electron chi connectivity index (χ4n) is 2.83. The van der Waals surface area contributed by atoms with Crippen LogP contribution in [0.25, 0.3) is 0 Å². The largest absolute Gasteiger partial charge is 0.376 e. The van der Waals surface area contributed by atoms with Gasteiger partial charge in [0.25, 0.3) is 0 Å². The zero-order chi connectivity index (χ0) is 16.1. The Hall–Kier alpha value is -2.14. The van der Waals surface area contributed by atoms with Crippen LogP contribution in [0.2, 0.25) is 0 Å². The first kappa shape index (κ1) is 15.7. The third kappa shape index (κ3) is 4.20. The number of aryl methyl sites for hydroxylation is 1. The van der Waals surface area contributed by atoms with E-state index in [4.69, 9.17) is 4.74 Å². The van der Waals surface area contributed by atoms with E-state index in [-0.39, 0.29) is 17.9 Å². The average Bonchev–Trinajstić information content (AvgIpc) is 3.03. The van der Waals surface area contributed by atoms with Crippen LogP contribution >= 0.6 is 0 Å². The number of aromatic nitrogens is 2. The van der Waals surface area contributed by atoms with Crippen molar-refractivity contribution in [3.05, 3.63) is 54.1 Å². The highest BCUT2D eigenvalue weighted by atomic mass is 16.5. The second-order valence-corrected chi connectivity index (χ2v) is 6.14. The Kier molecular flexibility index (Phi) is 5.08. The summed E-state index contributed by atoms with van der Waals surface area (Å²) in [6.07, 6.45) is 5.65. The van der Waals surface area contributed by atoms with Crippen LogP contribution < -0.4 is 5.32 Å². The molecule has 0 bridgehead atoms. The van der Waals surface area contributed by atoms with Gasteiger partial charge in [0.1, 0.15) is 5.82 Å². The summed E-state index contributed by atoms with van der Waals surface area (Å²) in [5.41, 5.74) is 1.13. The first-order chi connectivity index (χ1) is 11.2. The highest BCUT2D eigenvalue weighted by Crippen LogP contribution is 2.13. The molecule has 0 radical (unpaired) electrons. The summed E-state index contributed by atoms with van der Waals surface area (Å²) in [5.74, 6) is 1.02. The van der Waals surface area contributed by atoms with Gasteiger partial charge in [-0.2, -0.15) is 0 Å². The van der Waals surface area contributed by atoms with Crippen molar-refractivity contribution in [2.24, 2.45) is 5.92 Å². The maximum absolute atomic E-state index is 12.3. The Morgan fingerprint density at radius 1 is 1.43 bits per heavy atom. The zero-order valence-electron chi connectivity index (χ0n) is 13.4. The molecule has 1 aliphatic rings. The number of carbonyl (C=O) groups is 1. The van der Waals surface area contributed by atoms with Gasteiger partial charge in [-0.3, -0.25) is 4.79 Å². The van der Waals surface area contributed by atoms with Crippen molar-refractivity contribution in [1.82, 2.24) is 14.9 Å². The molecule has 23 heavy (non-hydrogen) atoms. The molecule has 3 rings (SSSR count). The minimum atomic E-state index is -0.150. The molecular weight excluding hydrogens is 290 g/mol. The van der Waals surface area contributed by atoms with Gasteiger partial charge in [-0.25, -0.2) is 4.98 Å². The van der Waals surface area contributed by atoms with Crippen molar-refractivity contribution in [2.75, 3.05) is 6.61 Å². The molecule has 0 saturated carbocycles. The van der Waals surface area contributed by atoms with E-state index < -0.39 is 0 Å². The van der Waals surface area contributed by atoms with Gasteiger partial charge < -0.3 is 14.6 Å². The maximum atomic E-state index is 12.3. The smallest absolute Gasteiger partial charge is 0.225 e. The number of ether oxygens (including phenoxy) is 1. The number of amides is 1. The molecule has 2 atom stereocenters. The predicted octanol–water partition coefficient (Wildman–Crippen LogP) is 2.17. The SMILES string of the molecule is C[C@@H](COCc1ccccc1)C(=O)N[C@@H]1CCc2nccn2C1. The summed E-state index contributed by atoms with van der Waals surface area (Å²) in [6.45, 7) is 3.69. The van der Waals surface area contributed by atoms with Gasteiger partial charge in [-0.1, -0.05) is 37.3 Å². The topological polar surface area (TPSA) is 56.1 Å². The number of fused-ring (bicyclic) bond motifs is 1. The third-order valence-corrected chi connectivity index (χ3v) is 4.21. The fraction of sp³-hybridized carbons (Fsp3) is 0.444. The van der Waals surface area contributed by atoms with Crippen LogP contribution in [0.15, 0.2) is 42.7 Å². The summed E-state index contributed by atoms with van der Waals surface area (Å²) < 4.78 is 7.78. The molecule has 1 aromatic carbocycles. The van der Waals surface area contributed by atoms with Crippen molar-refractivity contribution in [3.8, 4) is 0 Å². The lowest BCUT2D eigenvalue weighted by Crippen LogP contribution is -2.43. The molecule has 0 aliphatic carbocycles. The molecule has 122 valence electrons. The van der Waals surface area contributed by atoms with Gasteiger partial charge in [0, 0.05) is 31.4 Å². The summed E-state index contributed by atoms with van der Waals surface area (Å²) in [7, 11) is 0. The quantitative estimate of drug-likeness (QED) is 0.889. The van der Waals surface area contributed by atoms with Crippen LogP contribution in [-0.2, 0) is 29.1 Å². The summed E-state index contributed by atoms with van der Waals surface area (Å²) in [4.78, 5) is 16.6. The lowest BCUT2D eigenvalue weighted by Gasteiger charge is -2.26. The van der Waals surface area contributed by atoms with Crippen molar-refractivity contribution >= 4 is 5.91 Å². The standard InChI is InChI=1S/C18H23N3O2/c1-14(12-23-13-15-5-3-2-4-6-15)18(22)20-16-7-8-17-19-9-10-21(17)11-16/h2-6,9-10,14,16H,7-8,11-13H2,1H3,(H,20,22)/t14-,16+/m0/s1. The van der Waals surface area contributed by atoms with E-state index in [9.17, 15) is 4.79 Å². The number of nitrogens with one attached hydrogen (secondary N) is 1. The molecule has 2 heterocycles. The Labute approximate surface area is 136 Å². The van der Waals surface area contributed by atoms with Gasteiger partial charge in [0.05, 0.1) is 19.1 Å². The Bertz CT molecular complexity index is 639. The number of imidazole rings is 1. The number of benzene rings is 1. The van der Waals surface area contributed by atoms with Crippen LogP contribution in [-0.4, -0.2) is 28.1 Å². The number of nitrogens with zero attached hydrogens (tertiary/aromatic N) is 2. The molecular formula is C18H23N3O2. The van der Waals surface area contributed by atoms with E-state index in [0.717, 1.165) is 30.8 Å². The fourth-order valence-corrected chi connectivity index (χ4v) is 2.83. The first-order valence-electron chi connectivity index (χ1n) is 8.14. The zero-order valence-corrected chi connectivity index (χ0v) is 13.4. The van der Waals surface area contributed by atoms with Crippen molar-refractivity contribution < 1.29 is 9.53 Å². The molecule has 1 N–H and O–H groups in total. The lowest BCUT2D eigenvalue weighted by molar-refractivity contribution is -0.127.